The second kappa shape index (κ2) is 7.21. The van der Waals surface area contributed by atoms with Crippen LogP contribution in [-0.2, 0) is 24.2 Å². The molecule has 0 spiro atoms. The Kier molecular flexibility index (Phi) is 5.57. The fourth-order valence-electron chi connectivity index (χ4n) is 3.51. The van der Waals surface area contributed by atoms with E-state index in [1.807, 2.05) is 4.68 Å². The van der Waals surface area contributed by atoms with Crippen molar-refractivity contribution in [2.75, 3.05) is 13.1 Å². The maximum Gasteiger partial charge on any atom is 0.145 e. The second-order valence-electron chi connectivity index (χ2n) is 6.18. The van der Waals surface area contributed by atoms with Gasteiger partial charge in [0.1, 0.15) is 5.78 Å². The molecule has 1 aromatic heterocycles. The van der Waals surface area contributed by atoms with Gasteiger partial charge in [-0.2, -0.15) is 5.10 Å². The fourth-order valence-corrected chi connectivity index (χ4v) is 3.51. The first-order valence-electron chi connectivity index (χ1n) is 8.44. The van der Waals surface area contributed by atoms with Gasteiger partial charge in [-0.05, 0) is 51.8 Å². The Labute approximate surface area is 128 Å². The van der Waals surface area contributed by atoms with Crippen molar-refractivity contribution >= 4 is 5.78 Å². The molecule has 2 heterocycles. The van der Waals surface area contributed by atoms with Crippen LogP contribution in [0.3, 0.4) is 0 Å². The van der Waals surface area contributed by atoms with Crippen LogP contribution in [0, 0.1) is 5.41 Å². The standard InChI is InChI=1S/C17H29N3O/c1-4-7-17(8-10-18-11-9-17)16(21)13-15-12-14(5-2)19-20(15)6-3/h12,18H,4-11,13H2,1-3H3. The number of carbonyl (C=O) groups is 1. The summed E-state index contributed by atoms with van der Waals surface area (Å²) in [5.74, 6) is 0.420. The van der Waals surface area contributed by atoms with E-state index in [0.717, 1.165) is 63.1 Å². The first-order chi connectivity index (χ1) is 10.1. The lowest BCUT2D eigenvalue weighted by Gasteiger charge is -2.36. The summed E-state index contributed by atoms with van der Waals surface area (Å²) in [6.45, 7) is 9.16. The van der Waals surface area contributed by atoms with Crippen LogP contribution in [-0.4, -0.2) is 28.7 Å². The van der Waals surface area contributed by atoms with E-state index >= 15 is 0 Å². The third kappa shape index (κ3) is 3.54. The number of ketones is 1. The van der Waals surface area contributed by atoms with Crippen molar-refractivity contribution in [1.29, 1.82) is 0 Å². The minimum atomic E-state index is -0.102. The monoisotopic (exact) mass is 291 g/mol. The zero-order chi connectivity index (χ0) is 15.3. The molecule has 1 aliphatic rings. The van der Waals surface area contributed by atoms with Crippen molar-refractivity contribution in [3.05, 3.63) is 17.5 Å². The van der Waals surface area contributed by atoms with E-state index in [9.17, 15) is 4.79 Å². The first kappa shape index (κ1) is 16.2. The number of aryl methyl sites for hydroxylation is 2. The van der Waals surface area contributed by atoms with Crippen LogP contribution in [0.2, 0.25) is 0 Å². The van der Waals surface area contributed by atoms with Gasteiger partial charge in [0.25, 0.3) is 0 Å². The number of aromatic nitrogens is 2. The van der Waals surface area contributed by atoms with Crippen molar-refractivity contribution < 1.29 is 4.79 Å². The largest absolute Gasteiger partial charge is 0.317 e. The molecule has 1 N–H and O–H groups in total. The number of hydrogen-bond donors (Lipinski definition) is 1. The number of piperidine rings is 1. The van der Waals surface area contributed by atoms with Gasteiger partial charge in [0.2, 0.25) is 0 Å². The zero-order valence-corrected chi connectivity index (χ0v) is 13.7. The average molecular weight is 291 g/mol. The van der Waals surface area contributed by atoms with Crippen LogP contribution < -0.4 is 5.32 Å². The van der Waals surface area contributed by atoms with E-state index in [4.69, 9.17) is 0 Å². The predicted octanol–water partition coefficient (Wildman–Crippen LogP) is 2.75. The van der Waals surface area contributed by atoms with E-state index in [0.29, 0.717) is 12.2 Å². The Balaban J connectivity index is 2.16. The smallest absolute Gasteiger partial charge is 0.145 e. The summed E-state index contributed by atoms with van der Waals surface area (Å²) in [5.41, 5.74) is 2.08. The van der Waals surface area contributed by atoms with E-state index in [1.165, 1.54) is 0 Å². The van der Waals surface area contributed by atoms with E-state index in [1.54, 1.807) is 0 Å². The first-order valence-corrected chi connectivity index (χ1v) is 8.44. The summed E-state index contributed by atoms with van der Waals surface area (Å²) in [6.07, 6.45) is 5.55. The Morgan fingerprint density at radius 3 is 2.62 bits per heavy atom. The van der Waals surface area contributed by atoms with Gasteiger partial charge >= 0.3 is 0 Å². The van der Waals surface area contributed by atoms with Gasteiger partial charge in [-0.1, -0.05) is 20.3 Å². The van der Waals surface area contributed by atoms with Crippen LogP contribution in [0.1, 0.15) is 57.8 Å². The topological polar surface area (TPSA) is 46.9 Å². The number of nitrogens with zero attached hydrogens (tertiary/aromatic N) is 2. The molecule has 118 valence electrons. The summed E-state index contributed by atoms with van der Waals surface area (Å²) in [6, 6.07) is 2.11. The molecule has 0 atom stereocenters. The van der Waals surface area contributed by atoms with E-state index < -0.39 is 0 Å². The molecule has 21 heavy (non-hydrogen) atoms. The number of hydrogen-bond acceptors (Lipinski definition) is 3. The van der Waals surface area contributed by atoms with Crippen LogP contribution in [0.15, 0.2) is 6.07 Å². The molecule has 1 aromatic rings. The summed E-state index contributed by atoms with van der Waals surface area (Å²) in [7, 11) is 0. The molecule has 1 fully saturated rings. The number of Topliss-reactive ketones (excluding diaryl/α,β-unsaturated/α-hetero) is 1. The fraction of sp³-hybridized carbons (Fsp3) is 0.765. The van der Waals surface area contributed by atoms with Crippen molar-refractivity contribution in [3.63, 3.8) is 0 Å². The van der Waals surface area contributed by atoms with Crippen molar-refractivity contribution in [3.8, 4) is 0 Å². The van der Waals surface area contributed by atoms with E-state index in [-0.39, 0.29) is 5.41 Å². The maximum absolute atomic E-state index is 13.0. The molecule has 0 aliphatic carbocycles. The highest BCUT2D eigenvalue weighted by Gasteiger charge is 2.38. The molecule has 4 heteroatoms. The average Bonchev–Trinajstić information content (AvgIpc) is 2.90. The molecule has 0 radical (unpaired) electrons. The molecule has 2 rings (SSSR count). The lowest BCUT2D eigenvalue weighted by atomic mass is 9.71. The lowest BCUT2D eigenvalue weighted by molar-refractivity contribution is -0.130. The number of carbonyl (C=O) groups excluding carboxylic acids is 1. The summed E-state index contributed by atoms with van der Waals surface area (Å²) >= 11 is 0. The predicted molar refractivity (Wildman–Crippen MR) is 85.4 cm³/mol. The number of rotatable bonds is 7. The molecule has 0 aromatic carbocycles. The van der Waals surface area contributed by atoms with Gasteiger partial charge in [0, 0.05) is 24.1 Å². The minimum absolute atomic E-state index is 0.102. The van der Waals surface area contributed by atoms with Crippen LogP contribution in [0.4, 0.5) is 0 Å². The zero-order valence-electron chi connectivity index (χ0n) is 13.7. The highest BCUT2D eigenvalue weighted by atomic mass is 16.1. The molecular weight excluding hydrogens is 262 g/mol. The van der Waals surface area contributed by atoms with Crippen LogP contribution in [0.25, 0.3) is 0 Å². The normalized spacial score (nSPS) is 17.9. The summed E-state index contributed by atoms with van der Waals surface area (Å²) < 4.78 is 2.00. The quantitative estimate of drug-likeness (QED) is 0.840. The summed E-state index contributed by atoms with van der Waals surface area (Å²) in [5, 5.41) is 7.95. The molecule has 4 nitrogen and oxygen atoms in total. The molecule has 0 saturated carbocycles. The number of nitrogens with one attached hydrogen (secondary N) is 1. The second-order valence-corrected chi connectivity index (χ2v) is 6.18. The third-order valence-electron chi connectivity index (χ3n) is 4.80. The van der Waals surface area contributed by atoms with Crippen molar-refractivity contribution in [1.82, 2.24) is 15.1 Å². The SMILES string of the molecule is CCCC1(C(=O)Cc2cc(CC)nn2CC)CCNCC1. The third-order valence-corrected chi connectivity index (χ3v) is 4.80. The van der Waals surface area contributed by atoms with Crippen molar-refractivity contribution in [2.45, 2.75) is 65.8 Å². The summed E-state index contributed by atoms with van der Waals surface area (Å²) in [4.78, 5) is 13.0. The van der Waals surface area contributed by atoms with Crippen LogP contribution in [0.5, 0.6) is 0 Å². The Bertz CT molecular complexity index is 467. The molecule has 1 saturated heterocycles. The minimum Gasteiger partial charge on any atom is -0.317 e. The lowest BCUT2D eigenvalue weighted by Crippen LogP contribution is -2.43. The highest BCUT2D eigenvalue weighted by molar-refractivity contribution is 5.86. The maximum atomic E-state index is 13.0. The van der Waals surface area contributed by atoms with Gasteiger partial charge in [0.15, 0.2) is 0 Å². The molecule has 1 aliphatic heterocycles. The molecule has 0 unspecified atom stereocenters. The Morgan fingerprint density at radius 1 is 1.33 bits per heavy atom. The van der Waals surface area contributed by atoms with Gasteiger partial charge in [-0.25, -0.2) is 0 Å². The van der Waals surface area contributed by atoms with Crippen LogP contribution >= 0.6 is 0 Å². The Morgan fingerprint density at radius 2 is 2.05 bits per heavy atom. The highest BCUT2D eigenvalue weighted by Crippen LogP contribution is 2.36. The van der Waals surface area contributed by atoms with Crippen molar-refractivity contribution in [2.24, 2.45) is 5.41 Å². The van der Waals surface area contributed by atoms with Gasteiger partial charge < -0.3 is 5.32 Å². The molecule has 0 amide bonds. The Hall–Kier alpha value is -1.16. The van der Waals surface area contributed by atoms with E-state index in [2.05, 4.69) is 37.3 Å². The van der Waals surface area contributed by atoms with Gasteiger partial charge in [-0.3, -0.25) is 9.48 Å². The molecule has 0 bridgehead atoms. The van der Waals surface area contributed by atoms with Gasteiger partial charge in [0.05, 0.1) is 5.69 Å². The molecular formula is C17H29N3O. The van der Waals surface area contributed by atoms with Gasteiger partial charge in [-0.15, -0.1) is 0 Å².